The molecule has 0 unspecified atom stereocenters. The van der Waals surface area contributed by atoms with Crippen molar-refractivity contribution in [2.24, 2.45) is 5.73 Å². The first-order valence-electron chi connectivity index (χ1n) is 5.36. The van der Waals surface area contributed by atoms with E-state index in [4.69, 9.17) is 20.0 Å². The Morgan fingerprint density at radius 1 is 1.17 bits per heavy atom. The van der Waals surface area contributed by atoms with Gasteiger partial charge in [-0.05, 0) is 18.1 Å². The Labute approximate surface area is 202 Å². The predicted octanol–water partition coefficient (Wildman–Crippen LogP) is -11.8. The van der Waals surface area contributed by atoms with Crippen molar-refractivity contribution >= 4 is 16.9 Å². The van der Waals surface area contributed by atoms with E-state index in [9.17, 15) is 9.90 Å². The molecule has 0 aliphatic carbocycles. The molecule has 0 fully saturated rings. The molecular formula is C11H11MoN2Na3O6. The maximum atomic E-state index is 10.5. The summed E-state index contributed by atoms with van der Waals surface area (Å²) in [5.41, 5.74) is 7.31. The van der Waals surface area contributed by atoms with Gasteiger partial charge in [-0.15, -0.1) is 0 Å². The molecule has 1 aromatic heterocycles. The molecule has 8 nitrogen and oxygen atoms in total. The Morgan fingerprint density at radius 2 is 1.65 bits per heavy atom. The van der Waals surface area contributed by atoms with Crippen LogP contribution in [0.25, 0.3) is 10.9 Å². The number of para-hydroxylation sites is 1. The Morgan fingerprint density at radius 3 is 2.13 bits per heavy atom. The van der Waals surface area contributed by atoms with E-state index in [0.29, 0.717) is 0 Å². The first-order chi connectivity index (χ1) is 9.18. The number of nitrogens with two attached hydrogens (primary N) is 1. The van der Waals surface area contributed by atoms with Gasteiger partial charge in [0.25, 0.3) is 0 Å². The molecule has 2 aromatic rings. The van der Waals surface area contributed by atoms with Crippen LogP contribution in [0.2, 0.25) is 0 Å². The number of carboxylic acids is 1. The van der Waals surface area contributed by atoms with Crippen LogP contribution in [0.3, 0.4) is 0 Å². The number of hydrogen-bond acceptors (Lipinski definition) is 7. The number of carboxylic acid groups (broad SMARTS) is 1. The van der Waals surface area contributed by atoms with Crippen molar-refractivity contribution in [3.8, 4) is 0 Å². The first kappa shape index (κ1) is 29.2. The second-order valence-electron chi connectivity index (χ2n) is 3.90. The molecule has 2 rings (SSSR count). The quantitative estimate of drug-likeness (QED) is 0.455. The third-order valence-corrected chi connectivity index (χ3v) is 2.42. The van der Waals surface area contributed by atoms with Crippen LogP contribution in [-0.2, 0) is 34.8 Å². The van der Waals surface area contributed by atoms with Crippen molar-refractivity contribution in [2.45, 2.75) is 12.5 Å². The minimum atomic E-state index is -6.02. The first-order valence-corrected chi connectivity index (χ1v) is 8.64. The van der Waals surface area contributed by atoms with E-state index in [0.717, 1.165) is 16.5 Å². The molecule has 0 amide bonds. The number of aromatic amines is 1. The van der Waals surface area contributed by atoms with E-state index in [-0.39, 0.29) is 95.1 Å². The van der Waals surface area contributed by atoms with Crippen molar-refractivity contribution in [2.75, 3.05) is 0 Å². The Hall–Kier alpha value is 1.40. The zero-order valence-corrected chi connectivity index (χ0v) is 21.1. The van der Waals surface area contributed by atoms with E-state index < -0.39 is 28.8 Å². The van der Waals surface area contributed by atoms with E-state index in [1.54, 1.807) is 6.20 Å². The molecule has 1 aromatic carbocycles. The second kappa shape index (κ2) is 13.6. The molecule has 0 aliphatic rings. The molecule has 0 aliphatic heterocycles. The summed E-state index contributed by atoms with van der Waals surface area (Å²) in [6, 6.07) is 6.74. The maximum absolute atomic E-state index is 10.5. The summed E-state index contributed by atoms with van der Waals surface area (Å²) in [7, 11) is 0. The van der Waals surface area contributed by atoms with Gasteiger partial charge in [-0.25, -0.2) is 0 Å². The van der Waals surface area contributed by atoms with Gasteiger partial charge in [0.2, 0.25) is 0 Å². The van der Waals surface area contributed by atoms with Gasteiger partial charge >= 0.3 is 120 Å². The summed E-state index contributed by atoms with van der Waals surface area (Å²) < 4.78 is 34.5. The number of aromatic nitrogens is 1. The van der Waals surface area contributed by atoms with Gasteiger partial charge in [-0.2, -0.15) is 0 Å². The van der Waals surface area contributed by atoms with Crippen LogP contribution in [0.15, 0.2) is 30.5 Å². The number of nitrogens with one attached hydrogen (secondary N) is 1. The van der Waals surface area contributed by atoms with Crippen LogP contribution >= 0.6 is 0 Å². The summed E-state index contributed by atoms with van der Waals surface area (Å²) in [6.07, 6.45) is 2.07. The molecule has 0 saturated carbocycles. The molecule has 3 N–H and O–H groups in total. The molecule has 0 radical (unpaired) electrons. The van der Waals surface area contributed by atoms with Crippen molar-refractivity contribution in [3.63, 3.8) is 0 Å². The van der Waals surface area contributed by atoms with Crippen LogP contribution < -0.4 is 107 Å². The van der Waals surface area contributed by atoms with Gasteiger partial charge in [0.05, 0.1) is 5.97 Å². The SMILES string of the molecule is N[C@@H](Cc1c[nH]c2ccccc12)C(=O)[O-].[Na+].[Na+].[Na+].[O]=[Mo](=[O])([O-])[O-]. The average molecular weight is 432 g/mol. The standard InChI is InChI=1S/C11H12N2O2.Mo.3Na.4O/c12-9(11(14)15)5-7-6-13-10-4-2-1-3-8(7)10;;;;;;;;/h1-4,6,9,13H,5,12H2,(H,14,15);;;;;;;;/q;;3*+1;;;2*-1/p-1/t9-;;;;;;;;/m0......../s1. The summed E-state index contributed by atoms with van der Waals surface area (Å²) in [5.74, 6) is -1.22. The molecule has 12 heteroatoms. The van der Waals surface area contributed by atoms with Crippen molar-refractivity contribution in [1.29, 1.82) is 0 Å². The number of H-pyrrole nitrogens is 1. The summed E-state index contributed by atoms with van der Waals surface area (Å²) >= 11 is -6.02. The number of fused-ring (bicyclic) bond motifs is 1. The molecule has 1 heterocycles. The van der Waals surface area contributed by atoms with Gasteiger partial charge in [0.1, 0.15) is 0 Å². The van der Waals surface area contributed by atoms with Gasteiger partial charge < -0.3 is 20.6 Å². The summed E-state index contributed by atoms with van der Waals surface area (Å²) in [5, 5.41) is 11.5. The predicted molar refractivity (Wildman–Crippen MR) is 56.4 cm³/mol. The van der Waals surface area contributed by atoms with E-state index >= 15 is 0 Å². The molecule has 110 valence electrons. The topological polar surface area (TPSA) is 162 Å². The normalized spacial score (nSPS) is 10.9. The van der Waals surface area contributed by atoms with Crippen LogP contribution in [0.4, 0.5) is 0 Å². The Kier molecular flexibility index (Phi) is 17.2. The summed E-state index contributed by atoms with van der Waals surface area (Å²) in [6.45, 7) is 0. The van der Waals surface area contributed by atoms with Crippen molar-refractivity contribution < 1.29 is 130 Å². The van der Waals surface area contributed by atoms with Crippen molar-refractivity contribution in [3.05, 3.63) is 36.0 Å². The average Bonchev–Trinajstić information content (AvgIpc) is 2.70. The number of carbonyl (C=O) groups excluding carboxylic acids is 1. The molecule has 0 bridgehead atoms. The fourth-order valence-electron chi connectivity index (χ4n) is 1.62. The number of benzene rings is 1. The molecular weight excluding hydrogens is 421 g/mol. The molecule has 23 heavy (non-hydrogen) atoms. The van der Waals surface area contributed by atoms with Crippen LogP contribution in [0, 0.1) is 0 Å². The van der Waals surface area contributed by atoms with Gasteiger partial charge in [-0.1, -0.05) is 18.2 Å². The summed E-state index contributed by atoms with van der Waals surface area (Å²) in [4.78, 5) is 13.6. The number of aliphatic carboxylic acids is 1. The zero-order chi connectivity index (χ0) is 15.3. The Balaban J connectivity index is -0.000000444. The third kappa shape index (κ3) is 12.4. The van der Waals surface area contributed by atoms with E-state index in [1.807, 2.05) is 24.3 Å². The van der Waals surface area contributed by atoms with Crippen molar-refractivity contribution in [1.82, 2.24) is 4.98 Å². The van der Waals surface area contributed by atoms with E-state index in [2.05, 4.69) is 4.98 Å². The fourth-order valence-corrected chi connectivity index (χ4v) is 1.62. The Bertz CT molecular complexity index is 699. The van der Waals surface area contributed by atoms with Crippen LogP contribution in [0.5, 0.6) is 0 Å². The number of rotatable bonds is 3. The molecule has 0 saturated heterocycles. The number of hydrogen-bond donors (Lipinski definition) is 2. The monoisotopic (exact) mass is 434 g/mol. The third-order valence-electron chi connectivity index (χ3n) is 2.42. The molecule has 1 atom stereocenters. The van der Waals surface area contributed by atoms with Crippen LogP contribution in [-0.4, -0.2) is 17.0 Å². The molecule has 0 spiro atoms. The van der Waals surface area contributed by atoms with Gasteiger partial charge in [0, 0.05) is 23.1 Å². The number of carbonyl (C=O) groups is 1. The minimum absolute atomic E-state index is 0. The fraction of sp³-hybridized carbons (Fsp3) is 0.182. The van der Waals surface area contributed by atoms with Gasteiger partial charge in [0.15, 0.2) is 0 Å². The van der Waals surface area contributed by atoms with Gasteiger partial charge in [-0.3, -0.25) is 0 Å². The van der Waals surface area contributed by atoms with Crippen LogP contribution in [0.1, 0.15) is 5.56 Å². The second-order valence-corrected chi connectivity index (χ2v) is 5.90. The zero-order valence-electron chi connectivity index (χ0n) is 13.1. The van der Waals surface area contributed by atoms with E-state index in [1.165, 1.54) is 0 Å².